The van der Waals surface area contributed by atoms with Gasteiger partial charge in [0, 0.05) is 17.0 Å². The molecule has 0 spiro atoms. The van der Waals surface area contributed by atoms with E-state index in [9.17, 15) is 10.1 Å². The van der Waals surface area contributed by atoms with Gasteiger partial charge >= 0.3 is 0 Å². The van der Waals surface area contributed by atoms with Crippen LogP contribution in [0.1, 0.15) is 41.5 Å². The molecule has 0 unspecified atom stereocenters. The maximum Gasteiger partial charge on any atom is 0.251 e. The Morgan fingerprint density at radius 2 is 2.00 bits per heavy atom. The first-order valence-electron chi connectivity index (χ1n) is 8.66. The Kier molecular flexibility index (Phi) is 3.51. The highest BCUT2D eigenvalue weighted by atomic mass is 16.1. The van der Waals surface area contributed by atoms with Gasteiger partial charge in [0.25, 0.3) is 5.56 Å². The molecule has 0 amide bonds. The number of pyridine rings is 1. The molecule has 1 heterocycles. The summed E-state index contributed by atoms with van der Waals surface area (Å²) in [5.41, 5.74) is 4.39. The van der Waals surface area contributed by atoms with Crippen LogP contribution in [-0.2, 0) is 11.8 Å². The van der Waals surface area contributed by atoms with Gasteiger partial charge in [0.05, 0.1) is 11.5 Å². The predicted molar refractivity (Wildman–Crippen MR) is 99.8 cm³/mol. The van der Waals surface area contributed by atoms with Gasteiger partial charge in [0.15, 0.2) is 0 Å². The van der Waals surface area contributed by atoms with Gasteiger partial charge in [-0.25, -0.2) is 0 Å². The number of hydrogen-bond acceptors (Lipinski definition) is 2. The summed E-state index contributed by atoms with van der Waals surface area (Å²) in [6.07, 6.45) is 1.99. The Bertz CT molecular complexity index is 1070. The van der Waals surface area contributed by atoms with Crippen LogP contribution in [0.4, 0.5) is 0 Å². The molecule has 3 heteroatoms. The molecular weight excluding hydrogens is 308 g/mol. The minimum atomic E-state index is -0.622. The van der Waals surface area contributed by atoms with Crippen molar-refractivity contribution >= 4 is 10.9 Å². The second-order valence-electron chi connectivity index (χ2n) is 7.19. The summed E-state index contributed by atoms with van der Waals surface area (Å²) in [7, 11) is 0. The van der Waals surface area contributed by atoms with Crippen molar-refractivity contribution in [3.63, 3.8) is 0 Å². The van der Waals surface area contributed by atoms with E-state index in [2.05, 4.69) is 35.3 Å². The number of hydrogen-bond donors (Lipinski definition) is 1. The van der Waals surface area contributed by atoms with Gasteiger partial charge in [0.2, 0.25) is 0 Å². The minimum Gasteiger partial charge on any atom is -0.322 e. The average molecular weight is 328 g/mol. The average Bonchev–Trinajstić information content (AvgIpc) is 3.06. The second kappa shape index (κ2) is 5.60. The first-order valence-corrected chi connectivity index (χ1v) is 8.66. The Balaban J connectivity index is 1.86. The molecule has 2 aromatic carbocycles. The van der Waals surface area contributed by atoms with E-state index < -0.39 is 5.41 Å². The van der Waals surface area contributed by atoms with Crippen LogP contribution >= 0.6 is 0 Å². The largest absolute Gasteiger partial charge is 0.322 e. The minimum absolute atomic E-state index is 0.0745. The fourth-order valence-corrected chi connectivity index (χ4v) is 4.13. The van der Waals surface area contributed by atoms with Gasteiger partial charge < -0.3 is 4.98 Å². The summed E-state index contributed by atoms with van der Waals surface area (Å²) < 4.78 is 0. The van der Waals surface area contributed by atoms with Crippen LogP contribution in [0.5, 0.6) is 0 Å². The highest BCUT2D eigenvalue weighted by Crippen LogP contribution is 2.46. The SMILES string of the molecule is Cc1cc2ccc([C@@](C)(C#N)[C@@H]3CCc4ccccc43)cc2[nH]c1=O. The van der Waals surface area contributed by atoms with Crippen LogP contribution in [-0.4, -0.2) is 4.98 Å². The van der Waals surface area contributed by atoms with E-state index in [0.717, 1.165) is 29.3 Å². The summed E-state index contributed by atoms with van der Waals surface area (Å²) in [6, 6.07) is 18.9. The molecule has 0 aliphatic heterocycles. The van der Waals surface area contributed by atoms with Crippen molar-refractivity contribution in [2.24, 2.45) is 0 Å². The molecule has 0 radical (unpaired) electrons. The predicted octanol–water partition coefficient (Wildman–Crippen LogP) is 4.35. The zero-order valence-corrected chi connectivity index (χ0v) is 14.5. The molecule has 3 nitrogen and oxygen atoms in total. The number of benzene rings is 2. The normalized spacial score (nSPS) is 18.5. The molecule has 0 fully saturated rings. The molecule has 0 bridgehead atoms. The van der Waals surface area contributed by atoms with Gasteiger partial charge in [-0.3, -0.25) is 4.79 Å². The van der Waals surface area contributed by atoms with Gasteiger partial charge in [-0.2, -0.15) is 5.26 Å². The molecule has 0 saturated carbocycles. The van der Waals surface area contributed by atoms with E-state index in [0.29, 0.717) is 5.56 Å². The van der Waals surface area contributed by atoms with Crippen molar-refractivity contribution < 1.29 is 0 Å². The summed E-state index contributed by atoms with van der Waals surface area (Å²) in [5.74, 6) is 0.170. The number of rotatable bonds is 2. The third-order valence-corrected chi connectivity index (χ3v) is 5.69. The van der Waals surface area contributed by atoms with E-state index in [4.69, 9.17) is 0 Å². The Morgan fingerprint density at radius 1 is 1.20 bits per heavy atom. The van der Waals surface area contributed by atoms with E-state index in [1.165, 1.54) is 11.1 Å². The number of aryl methyl sites for hydroxylation is 2. The van der Waals surface area contributed by atoms with Crippen LogP contribution in [0.2, 0.25) is 0 Å². The zero-order valence-electron chi connectivity index (χ0n) is 14.5. The van der Waals surface area contributed by atoms with Gasteiger partial charge in [-0.1, -0.05) is 36.4 Å². The van der Waals surface area contributed by atoms with Gasteiger partial charge in [-0.15, -0.1) is 0 Å². The maximum absolute atomic E-state index is 12.0. The first-order chi connectivity index (χ1) is 12.0. The molecule has 1 N–H and O–H groups in total. The van der Waals surface area contributed by atoms with Gasteiger partial charge in [0.1, 0.15) is 0 Å². The van der Waals surface area contributed by atoms with Crippen LogP contribution in [0, 0.1) is 18.3 Å². The molecule has 1 aliphatic carbocycles. The number of aromatic amines is 1. The van der Waals surface area contributed by atoms with Crippen molar-refractivity contribution in [1.82, 2.24) is 4.98 Å². The van der Waals surface area contributed by atoms with E-state index >= 15 is 0 Å². The number of fused-ring (bicyclic) bond motifs is 2. The smallest absolute Gasteiger partial charge is 0.251 e. The zero-order chi connectivity index (χ0) is 17.6. The van der Waals surface area contributed by atoms with Gasteiger partial charge in [-0.05, 0) is 60.9 Å². The van der Waals surface area contributed by atoms with Crippen molar-refractivity contribution in [1.29, 1.82) is 5.26 Å². The Morgan fingerprint density at radius 3 is 2.80 bits per heavy atom. The van der Waals surface area contributed by atoms with Crippen LogP contribution < -0.4 is 5.56 Å². The quantitative estimate of drug-likeness (QED) is 0.760. The van der Waals surface area contributed by atoms with E-state index in [1.54, 1.807) is 6.92 Å². The lowest BCUT2D eigenvalue weighted by atomic mass is 9.70. The standard InChI is InChI=1S/C22H20N2O/c1-14-11-16-7-9-17(12-20(16)24-21(14)25)22(2,13-23)19-10-8-15-5-3-4-6-18(15)19/h3-7,9,11-12,19H,8,10H2,1-2H3,(H,24,25)/t19-,22-/m1/s1. The summed E-state index contributed by atoms with van der Waals surface area (Å²) >= 11 is 0. The first kappa shape index (κ1) is 15.7. The summed E-state index contributed by atoms with van der Waals surface area (Å²) in [5, 5.41) is 11.1. The topological polar surface area (TPSA) is 56.6 Å². The summed E-state index contributed by atoms with van der Waals surface area (Å²) in [6.45, 7) is 3.83. The lowest BCUT2D eigenvalue weighted by molar-refractivity contribution is 0.470. The second-order valence-corrected chi connectivity index (χ2v) is 7.19. The Labute approximate surface area is 146 Å². The van der Waals surface area contributed by atoms with Crippen molar-refractivity contribution in [2.45, 2.75) is 38.0 Å². The number of nitriles is 1. The molecule has 3 aromatic rings. The third kappa shape index (κ3) is 2.37. The van der Waals surface area contributed by atoms with Crippen molar-refractivity contribution in [2.75, 3.05) is 0 Å². The number of nitrogens with one attached hydrogen (secondary N) is 1. The molecule has 1 aromatic heterocycles. The summed E-state index contributed by atoms with van der Waals surface area (Å²) in [4.78, 5) is 14.9. The monoisotopic (exact) mass is 328 g/mol. The van der Waals surface area contributed by atoms with E-state index in [-0.39, 0.29) is 11.5 Å². The number of nitrogens with zero attached hydrogens (tertiary/aromatic N) is 1. The maximum atomic E-state index is 12.0. The van der Waals surface area contributed by atoms with Crippen LogP contribution in [0.15, 0.2) is 53.3 Å². The Hall–Kier alpha value is -2.86. The van der Waals surface area contributed by atoms with Crippen molar-refractivity contribution in [3.8, 4) is 6.07 Å². The molecular formula is C22H20N2O. The molecule has 4 rings (SSSR count). The van der Waals surface area contributed by atoms with Crippen LogP contribution in [0.3, 0.4) is 0 Å². The molecule has 25 heavy (non-hydrogen) atoms. The van der Waals surface area contributed by atoms with E-state index in [1.807, 2.05) is 31.2 Å². The molecule has 1 aliphatic rings. The van der Waals surface area contributed by atoms with Crippen molar-refractivity contribution in [3.05, 3.63) is 81.1 Å². The highest BCUT2D eigenvalue weighted by molar-refractivity contribution is 5.80. The number of H-pyrrole nitrogens is 1. The molecule has 124 valence electrons. The lowest BCUT2D eigenvalue weighted by Gasteiger charge is -2.30. The fraction of sp³-hybridized carbons (Fsp3) is 0.273. The van der Waals surface area contributed by atoms with Crippen LogP contribution in [0.25, 0.3) is 10.9 Å². The molecule has 0 saturated heterocycles. The third-order valence-electron chi connectivity index (χ3n) is 5.69. The lowest BCUT2D eigenvalue weighted by Crippen LogP contribution is -2.27. The fourth-order valence-electron chi connectivity index (χ4n) is 4.13. The highest BCUT2D eigenvalue weighted by Gasteiger charge is 2.40. The number of aromatic nitrogens is 1. The molecule has 2 atom stereocenters.